The molecule has 1 unspecified atom stereocenters. The summed E-state index contributed by atoms with van der Waals surface area (Å²) in [4.78, 5) is 1.41. The fourth-order valence-corrected chi connectivity index (χ4v) is 4.16. The largest absolute Gasteiger partial charge is 0.309 e. The molecule has 1 nitrogen and oxygen atoms in total. The first-order valence-electron chi connectivity index (χ1n) is 7.23. The Morgan fingerprint density at radius 1 is 1.10 bits per heavy atom. The van der Waals surface area contributed by atoms with Crippen molar-refractivity contribution in [1.82, 2.24) is 5.32 Å². The van der Waals surface area contributed by atoms with Crippen LogP contribution in [0.25, 0.3) is 10.1 Å². The third-order valence-electron chi connectivity index (χ3n) is 3.62. The van der Waals surface area contributed by atoms with Gasteiger partial charge in [0.25, 0.3) is 0 Å². The molecule has 0 saturated carbocycles. The second kappa shape index (κ2) is 6.73. The van der Waals surface area contributed by atoms with Crippen LogP contribution in [0.3, 0.4) is 0 Å². The predicted octanol–water partition coefficient (Wildman–Crippen LogP) is 5.56. The number of halogens is 1. The molecule has 0 aliphatic heterocycles. The Kier molecular flexibility index (Phi) is 4.73. The fourth-order valence-electron chi connectivity index (χ4n) is 2.58. The standard InChI is InChI=1S/C18H18BrNS/c1-2-20-16(11-13-7-3-5-9-15(13)19)18-12-14-8-4-6-10-17(14)21-18/h3-10,12,16,20H,2,11H2,1H3. The van der Waals surface area contributed by atoms with Crippen molar-refractivity contribution in [1.29, 1.82) is 0 Å². The van der Waals surface area contributed by atoms with E-state index in [0.29, 0.717) is 6.04 Å². The van der Waals surface area contributed by atoms with E-state index in [1.165, 1.54) is 25.0 Å². The van der Waals surface area contributed by atoms with Gasteiger partial charge >= 0.3 is 0 Å². The summed E-state index contributed by atoms with van der Waals surface area (Å²) < 4.78 is 2.55. The minimum atomic E-state index is 0.367. The van der Waals surface area contributed by atoms with Gasteiger partial charge in [-0.05, 0) is 42.1 Å². The molecule has 0 amide bonds. The first kappa shape index (κ1) is 14.8. The summed E-state index contributed by atoms with van der Waals surface area (Å²) in [6.45, 7) is 3.14. The Morgan fingerprint density at radius 2 is 1.86 bits per heavy atom. The molecule has 21 heavy (non-hydrogen) atoms. The maximum atomic E-state index is 3.66. The van der Waals surface area contributed by atoms with Crippen molar-refractivity contribution < 1.29 is 0 Å². The molecule has 2 aromatic carbocycles. The van der Waals surface area contributed by atoms with Crippen molar-refractivity contribution in [3.8, 4) is 0 Å². The molecule has 3 aromatic rings. The SMILES string of the molecule is CCNC(Cc1ccccc1Br)c1cc2ccccc2s1. The highest BCUT2D eigenvalue weighted by atomic mass is 79.9. The lowest BCUT2D eigenvalue weighted by atomic mass is 10.0. The average molecular weight is 360 g/mol. The summed E-state index contributed by atoms with van der Waals surface area (Å²) in [7, 11) is 0. The Morgan fingerprint density at radius 3 is 2.62 bits per heavy atom. The Balaban J connectivity index is 1.92. The highest BCUT2D eigenvalue weighted by Crippen LogP contribution is 2.32. The predicted molar refractivity (Wildman–Crippen MR) is 96.1 cm³/mol. The van der Waals surface area contributed by atoms with Gasteiger partial charge in [-0.1, -0.05) is 59.3 Å². The fraction of sp³-hybridized carbons (Fsp3) is 0.222. The molecule has 1 atom stereocenters. The van der Waals surface area contributed by atoms with Gasteiger partial charge in [0.05, 0.1) is 0 Å². The van der Waals surface area contributed by atoms with Crippen LogP contribution in [0.2, 0.25) is 0 Å². The first-order valence-corrected chi connectivity index (χ1v) is 8.84. The Hall–Kier alpha value is -1.16. The van der Waals surface area contributed by atoms with Gasteiger partial charge in [-0.15, -0.1) is 11.3 Å². The van der Waals surface area contributed by atoms with E-state index in [9.17, 15) is 0 Å². The van der Waals surface area contributed by atoms with Crippen molar-refractivity contribution >= 4 is 37.4 Å². The van der Waals surface area contributed by atoms with E-state index in [1.807, 2.05) is 11.3 Å². The molecule has 0 bridgehead atoms. The van der Waals surface area contributed by atoms with Crippen LogP contribution in [0.5, 0.6) is 0 Å². The van der Waals surface area contributed by atoms with Gasteiger partial charge in [-0.3, -0.25) is 0 Å². The molecule has 0 saturated heterocycles. The second-order valence-electron chi connectivity index (χ2n) is 5.09. The highest BCUT2D eigenvalue weighted by Gasteiger charge is 2.15. The molecule has 3 rings (SSSR count). The van der Waals surface area contributed by atoms with Crippen molar-refractivity contribution in [2.75, 3.05) is 6.54 Å². The van der Waals surface area contributed by atoms with Crippen LogP contribution in [-0.2, 0) is 6.42 Å². The maximum absolute atomic E-state index is 3.66. The number of hydrogen-bond donors (Lipinski definition) is 1. The zero-order valence-electron chi connectivity index (χ0n) is 12.0. The van der Waals surface area contributed by atoms with Gasteiger partial charge in [0, 0.05) is 20.1 Å². The van der Waals surface area contributed by atoms with Gasteiger partial charge in [-0.2, -0.15) is 0 Å². The number of fused-ring (bicyclic) bond motifs is 1. The maximum Gasteiger partial charge on any atom is 0.0456 e. The number of likely N-dealkylation sites (N-methyl/N-ethyl adjacent to an activating group) is 1. The number of nitrogens with one attached hydrogen (secondary N) is 1. The van der Waals surface area contributed by atoms with E-state index in [4.69, 9.17) is 0 Å². The molecule has 108 valence electrons. The van der Waals surface area contributed by atoms with Gasteiger partial charge in [-0.25, -0.2) is 0 Å². The van der Waals surface area contributed by atoms with Crippen LogP contribution in [-0.4, -0.2) is 6.54 Å². The topological polar surface area (TPSA) is 12.0 Å². The molecule has 0 aliphatic rings. The highest BCUT2D eigenvalue weighted by molar-refractivity contribution is 9.10. The zero-order chi connectivity index (χ0) is 14.7. The van der Waals surface area contributed by atoms with Gasteiger partial charge in [0.1, 0.15) is 0 Å². The van der Waals surface area contributed by atoms with E-state index >= 15 is 0 Å². The first-order chi connectivity index (χ1) is 10.3. The van der Waals surface area contributed by atoms with Gasteiger partial charge in [0.15, 0.2) is 0 Å². The molecule has 0 fully saturated rings. The number of hydrogen-bond acceptors (Lipinski definition) is 2. The smallest absolute Gasteiger partial charge is 0.0456 e. The molecular formula is C18H18BrNS. The van der Waals surface area contributed by atoms with Crippen LogP contribution in [0.1, 0.15) is 23.4 Å². The van der Waals surface area contributed by atoms with Crippen LogP contribution in [0.4, 0.5) is 0 Å². The van der Waals surface area contributed by atoms with Crippen molar-refractivity contribution in [3.63, 3.8) is 0 Å². The lowest BCUT2D eigenvalue weighted by Gasteiger charge is -2.17. The summed E-state index contributed by atoms with van der Waals surface area (Å²) in [5, 5.41) is 4.97. The van der Waals surface area contributed by atoms with Crippen LogP contribution in [0.15, 0.2) is 59.1 Å². The zero-order valence-corrected chi connectivity index (χ0v) is 14.4. The molecule has 3 heteroatoms. The van der Waals surface area contributed by atoms with E-state index in [-0.39, 0.29) is 0 Å². The number of rotatable bonds is 5. The number of benzene rings is 2. The van der Waals surface area contributed by atoms with Crippen molar-refractivity contribution in [3.05, 3.63) is 69.5 Å². The monoisotopic (exact) mass is 359 g/mol. The lowest BCUT2D eigenvalue weighted by molar-refractivity contribution is 0.557. The number of thiophene rings is 1. The molecule has 0 aliphatic carbocycles. The Bertz CT molecular complexity index is 702. The summed E-state index contributed by atoms with van der Waals surface area (Å²) in [5.74, 6) is 0. The lowest BCUT2D eigenvalue weighted by Crippen LogP contribution is -2.22. The summed E-state index contributed by atoms with van der Waals surface area (Å²) in [5.41, 5.74) is 1.35. The summed E-state index contributed by atoms with van der Waals surface area (Å²) >= 11 is 5.55. The van der Waals surface area contributed by atoms with E-state index in [0.717, 1.165) is 13.0 Å². The third kappa shape index (κ3) is 3.37. The van der Waals surface area contributed by atoms with Gasteiger partial charge in [0.2, 0.25) is 0 Å². The van der Waals surface area contributed by atoms with Gasteiger partial charge < -0.3 is 5.32 Å². The molecule has 0 radical (unpaired) electrons. The minimum absolute atomic E-state index is 0.367. The molecule has 0 spiro atoms. The Labute approximate surface area is 138 Å². The summed E-state index contributed by atoms with van der Waals surface area (Å²) in [6, 6.07) is 19.8. The molecule has 1 N–H and O–H groups in total. The van der Waals surface area contributed by atoms with Crippen LogP contribution >= 0.6 is 27.3 Å². The van der Waals surface area contributed by atoms with Crippen LogP contribution in [0, 0.1) is 0 Å². The quantitative estimate of drug-likeness (QED) is 0.628. The third-order valence-corrected chi connectivity index (χ3v) is 5.62. The van der Waals surface area contributed by atoms with Crippen LogP contribution < -0.4 is 5.32 Å². The minimum Gasteiger partial charge on any atom is -0.309 e. The summed E-state index contributed by atoms with van der Waals surface area (Å²) in [6.07, 6.45) is 1.00. The van der Waals surface area contributed by atoms with Crippen molar-refractivity contribution in [2.24, 2.45) is 0 Å². The van der Waals surface area contributed by atoms with E-state index in [2.05, 4.69) is 82.8 Å². The normalized spacial score (nSPS) is 12.7. The molecule has 1 aromatic heterocycles. The molecular weight excluding hydrogens is 342 g/mol. The van der Waals surface area contributed by atoms with Crippen molar-refractivity contribution in [2.45, 2.75) is 19.4 Å². The average Bonchev–Trinajstić information content (AvgIpc) is 2.93. The molecule has 1 heterocycles. The van der Waals surface area contributed by atoms with E-state index in [1.54, 1.807) is 0 Å². The van der Waals surface area contributed by atoms with E-state index < -0.39 is 0 Å². The second-order valence-corrected chi connectivity index (χ2v) is 7.06.